The molecule has 0 aromatic heterocycles. The zero-order valence-corrected chi connectivity index (χ0v) is 9.80. The summed E-state index contributed by atoms with van der Waals surface area (Å²) in [7, 11) is 0. The first-order valence-corrected chi connectivity index (χ1v) is 6.56. The zero-order valence-electron chi connectivity index (χ0n) is 8.98. The zero-order chi connectivity index (χ0) is 11.3. The van der Waals surface area contributed by atoms with Crippen LogP contribution >= 0.6 is 11.8 Å². The van der Waals surface area contributed by atoms with Crippen LogP contribution < -0.4 is 5.32 Å². The molecule has 15 heavy (non-hydrogen) atoms. The number of aliphatic hydroxyl groups is 2. The van der Waals surface area contributed by atoms with E-state index in [9.17, 15) is 15.0 Å². The van der Waals surface area contributed by atoms with Crippen molar-refractivity contribution in [3.8, 4) is 0 Å². The van der Waals surface area contributed by atoms with Crippen molar-refractivity contribution in [2.45, 2.75) is 44.4 Å². The summed E-state index contributed by atoms with van der Waals surface area (Å²) in [5.41, 5.74) is 0. The smallest absolute Gasteiger partial charge is 0.251 e. The maximum Gasteiger partial charge on any atom is 0.251 e. The van der Waals surface area contributed by atoms with Crippen LogP contribution in [0.3, 0.4) is 0 Å². The molecule has 4 nitrogen and oxygen atoms in total. The first kappa shape index (κ1) is 12.8. The minimum absolute atomic E-state index is 0.292. The molecule has 2 unspecified atom stereocenters. The van der Waals surface area contributed by atoms with E-state index in [0.29, 0.717) is 5.75 Å². The fourth-order valence-corrected chi connectivity index (χ4v) is 2.64. The summed E-state index contributed by atoms with van der Waals surface area (Å²) in [5.74, 6) is 1.26. The molecule has 1 rings (SSSR count). The Labute approximate surface area is 94.4 Å². The molecule has 0 aliphatic carbocycles. The third-order valence-electron chi connectivity index (χ3n) is 2.52. The number of aliphatic hydroxyl groups excluding tert-OH is 2. The van der Waals surface area contributed by atoms with Gasteiger partial charge in [0.25, 0.3) is 5.91 Å². The first-order valence-electron chi connectivity index (χ1n) is 5.41. The highest BCUT2D eigenvalue weighted by Crippen LogP contribution is 2.15. The topological polar surface area (TPSA) is 69.6 Å². The van der Waals surface area contributed by atoms with Gasteiger partial charge in [0.1, 0.15) is 6.10 Å². The van der Waals surface area contributed by atoms with Gasteiger partial charge in [0, 0.05) is 5.75 Å². The van der Waals surface area contributed by atoms with E-state index >= 15 is 0 Å². The highest BCUT2D eigenvalue weighted by Gasteiger charge is 2.39. The van der Waals surface area contributed by atoms with Crippen LogP contribution in [0.15, 0.2) is 0 Å². The van der Waals surface area contributed by atoms with E-state index in [1.807, 2.05) is 0 Å². The quantitative estimate of drug-likeness (QED) is 0.570. The number of carbonyl (C=O) groups is 1. The lowest BCUT2D eigenvalue weighted by atomic mass is 10.2. The average molecular weight is 233 g/mol. The van der Waals surface area contributed by atoms with Gasteiger partial charge < -0.3 is 15.5 Å². The molecule has 1 heterocycles. The Kier molecular flexibility index (Phi) is 5.42. The summed E-state index contributed by atoms with van der Waals surface area (Å²) in [6, 6.07) is -0.292. The van der Waals surface area contributed by atoms with Crippen LogP contribution in [0.5, 0.6) is 0 Å². The van der Waals surface area contributed by atoms with Gasteiger partial charge in [-0.2, -0.15) is 11.8 Å². The van der Waals surface area contributed by atoms with Gasteiger partial charge >= 0.3 is 0 Å². The minimum atomic E-state index is -1.24. The third-order valence-corrected chi connectivity index (χ3v) is 3.69. The van der Waals surface area contributed by atoms with E-state index < -0.39 is 18.1 Å². The lowest BCUT2D eigenvalue weighted by Crippen LogP contribution is -2.35. The SMILES string of the molecule is CCCCCSC[C@H]1NC(=O)C(O)C1O. The van der Waals surface area contributed by atoms with Gasteiger partial charge in [-0.3, -0.25) is 4.79 Å². The summed E-state index contributed by atoms with van der Waals surface area (Å²) >= 11 is 1.71. The molecule has 0 aromatic rings. The van der Waals surface area contributed by atoms with Crippen LogP contribution in [0.1, 0.15) is 26.2 Å². The highest BCUT2D eigenvalue weighted by atomic mass is 32.2. The number of carbonyl (C=O) groups excluding carboxylic acids is 1. The molecule has 1 aliphatic heterocycles. The molecular formula is C10H19NO3S. The number of unbranched alkanes of at least 4 members (excludes halogenated alkanes) is 2. The Balaban J connectivity index is 2.14. The summed E-state index contributed by atoms with van der Waals surface area (Å²) in [6.07, 6.45) is 1.39. The molecule has 0 bridgehead atoms. The van der Waals surface area contributed by atoms with Gasteiger partial charge in [-0.1, -0.05) is 19.8 Å². The molecule has 3 N–H and O–H groups in total. The average Bonchev–Trinajstić information content (AvgIpc) is 2.46. The molecule has 1 saturated heterocycles. The molecule has 0 radical (unpaired) electrons. The van der Waals surface area contributed by atoms with Crippen molar-refractivity contribution in [1.82, 2.24) is 5.32 Å². The Bertz CT molecular complexity index is 213. The predicted octanol–water partition coefficient (Wildman–Crippen LogP) is 0.130. The van der Waals surface area contributed by atoms with Crippen LogP contribution in [-0.2, 0) is 4.79 Å². The molecule has 1 aliphatic rings. The van der Waals surface area contributed by atoms with Gasteiger partial charge in [0.2, 0.25) is 0 Å². The fourth-order valence-electron chi connectivity index (χ4n) is 1.53. The monoisotopic (exact) mass is 233 g/mol. The van der Waals surface area contributed by atoms with Crippen LogP contribution in [-0.4, -0.2) is 45.9 Å². The van der Waals surface area contributed by atoms with Gasteiger partial charge in [-0.05, 0) is 12.2 Å². The first-order chi connectivity index (χ1) is 7.16. The van der Waals surface area contributed by atoms with Crippen LogP contribution in [0, 0.1) is 0 Å². The lowest BCUT2D eigenvalue weighted by Gasteiger charge is -2.14. The van der Waals surface area contributed by atoms with Crippen molar-refractivity contribution < 1.29 is 15.0 Å². The normalized spacial score (nSPS) is 30.6. The van der Waals surface area contributed by atoms with Gasteiger partial charge in [0.15, 0.2) is 6.10 Å². The van der Waals surface area contributed by atoms with E-state index in [1.165, 1.54) is 19.3 Å². The van der Waals surface area contributed by atoms with Gasteiger partial charge in [0.05, 0.1) is 6.04 Å². The summed E-state index contributed by atoms with van der Waals surface area (Å²) in [5, 5.41) is 21.3. The number of hydrogen-bond donors (Lipinski definition) is 3. The van der Waals surface area contributed by atoms with Gasteiger partial charge in [-0.15, -0.1) is 0 Å². The molecule has 88 valence electrons. The van der Waals surface area contributed by atoms with E-state index in [4.69, 9.17) is 0 Å². The van der Waals surface area contributed by atoms with Crippen molar-refractivity contribution in [3.05, 3.63) is 0 Å². The van der Waals surface area contributed by atoms with Gasteiger partial charge in [-0.25, -0.2) is 0 Å². The largest absolute Gasteiger partial charge is 0.388 e. The second-order valence-electron chi connectivity index (χ2n) is 3.83. The third kappa shape index (κ3) is 3.66. The Morgan fingerprint density at radius 1 is 1.40 bits per heavy atom. The molecular weight excluding hydrogens is 214 g/mol. The maximum absolute atomic E-state index is 11.0. The number of thioether (sulfide) groups is 1. The molecule has 0 saturated carbocycles. The Morgan fingerprint density at radius 3 is 2.67 bits per heavy atom. The summed E-state index contributed by atoms with van der Waals surface area (Å²) < 4.78 is 0. The Morgan fingerprint density at radius 2 is 2.13 bits per heavy atom. The molecule has 1 amide bonds. The molecule has 3 atom stereocenters. The maximum atomic E-state index is 11.0. The molecule has 0 aromatic carbocycles. The van der Waals surface area contributed by atoms with Crippen molar-refractivity contribution in [2.75, 3.05) is 11.5 Å². The van der Waals surface area contributed by atoms with Crippen molar-refractivity contribution in [2.24, 2.45) is 0 Å². The minimum Gasteiger partial charge on any atom is -0.388 e. The van der Waals surface area contributed by atoms with Crippen LogP contribution in [0.4, 0.5) is 0 Å². The summed E-state index contributed by atoms with van der Waals surface area (Å²) in [4.78, 5) is 11.0. The van der Waals surface area contributed by atoms with Crippen molar-refractivity contribution in [1.29, 1.82) is 0 Å². The van der Waals surface area contributed by atoms with Crippen LogP contribution in [0.25, 0.3) is 0 Å². The number of nitrogens with one attached hydrogen (secondary N) is 1. The second-order valence-corrected chi connectivity index (χ2v) is 4.98. The number of rotatable bonds is 6. The standard InChI is InChI=1S/C10H19NO3S/c1-2-3-4-5-15-6-7-8(12)9(13)10(14)11-7/h7-9,12-13H,2-6H2,1H3,(H,11,14)/t7-,8?,9?/m1/s1. The predicted molar refractivity (Wildman–Crippen MR) is 60.8 cm³/mol. The number of amides is 1. The van der Waals surface area contributed by atoms with Crippen LogP contribution in [0.2, 0.25) is 0 Å². The highest BCUT2D eigenvalue weighted by molar-refractivity contribution is 7.99. The number of hydrogen-bond acceptors (Lipinski definition) is 4. The van der Waals surface area contributed by atoms with E-state index in [1.54, 1.807) is 11.8 Å². The Hall–Kier alpha value is -0.260. The van der Waals surface area contributed by atoms with E-state index in [0.717, 1.165) is 5.75 Å². The fraction of sp³-hybridized carbons (Fsp3) is 0.900. The molecule has 1 fully saturated rings. The summed E-state index contributed by atoms with van der Waals surface area (Å²) in [6.45, 7) is 2.15. The van der Waals surface area contributed by atoms with Crippen molar-refractivity contribution >= 4 is 17.7 Å². The molecule has 0 spiro atoms. The second kappa shape index (κ2) is 6.35. The van der Waals surface area contributed by atoms with E-state index in [-0.39, 0.29) is 6.04 Å². The lowest BCUT2D eigenvalue weighted by molar-refractivity contribution is -0.128. The van der Waals surface area contributed by atoms with Crippen molar-refractivity contribution in [3.63, 3.8) is 0 Å². The van der Waals surface area contributed by atoms with E-state index in [2.05, 4.69) is 12.2 Å². The molecule has 5 heteroatoms.